The summed E-state index contributed by atoms with van der Waals surface area (Å²) in [5, 5.41) is 0.851. The highest BCUT2D eigenvalue weighted by Gasteiger charge is 2.02. The van der Waals surface area contributed by atoms with Gasteiger partial charge >= 0.3 is 0 Å². The molecule has 5 heteroatoms. The van der Waals surface area contributed by atoms with Crippen LogP contribution in [0.4, 0.5) is 0 Å². The largest absolute Gasteiger partial charge is 0.336 e. The smallest absolute Gasteiger partial charge is 0.166 e. The van der Waals surface area contributed by atoms with Crippen LogP contribution < -0.4 is 0 Å². The number of carbonyl (C=O) groups excluding carboxylic acids is 1. The number of carbonyl (C=O) groups is 1. The van der Waals surface area contributed by atoms with Crippen LogP contribution in [0, 0.1) is 0 Å². The van der Waals surface area contributed by atoms with Crippen LogP contribution in [0.15, 0.2) is 17.3 Å². The number of aromatic amines is 1. The number of thioether (sulfide) groups is 1. The summed E-state index contributed by atoms with van der Waals surface area (Å²) in [5.74, 6) is 0. The molecule has 0 aliphatic carbocycles. The lowest BCUT2D eigenvalue weighted by atomic mass is 10.4. The fourth-order valence-corrected chi connectivity index (χ4v) is 1.41. The molecule has 0 radical (unpaired) electrons. The second kappa shape index (κ2) is 3.18. The Labute approximate surface area is 78.8 Å². The molecule has 2 aromatic heterocycles. The molecule has 0 spiro atoms. The van der Waals surface area contributed by atoms with Gasteiger partial charge in [0.25, 0.3) is 0 Å². The minimum atomic E-state index is 0.508. The third kappa shape index (κ3) is 1.42. The highest BCUT2D eigenvalue weighted by atomic mass is 32.2. The quantitative estimate of drug-likeness (QED) is 0.580. The third-order valence-electron chi connectivity index (χ3n) is 1.67. The Morgan fingerprint density at radius 3 is 3.15 bits per heavy atom. The van der Waals surface area contributed by atoms with E-state index in [2.05, 4.69) is 15.0 Å². The van der Waals surface area contributed by atoms with E-state index in [1.807, 2.05) is 6.26 Å². The Hall–Kier alpha value is -1.36. The van der Waals surface area contributed by atoms with E-state index in [-0.39, 0.29) is 0 Å². The van der Waals surface area contributed by atoms with Gasteiger partial charge in [-0.05, 0) is 12.3 Å². The topological polar surface area (TPSA) is 58.6 Å². The first-order chi connectivity index (χ1) is 6.33. The molecule has 2 heterocycles. The molecule has 4 nitrogen and oxygen atoms in total. The first-order valence-corrected chi connectivity index (χ1v) is 4.91. The van der Waals surface area contributed by atoms with Crippen molar-refractivity contribution in [1.82, 2.24) is 15.0 Å². The molecule has 0 aromatic carbocycles. The van der Waals surface area contributed by atoms with Crippen LogP contribution in [0.25, 0.3) is 11.2 Å². The van der Waals surface area contributed by atoms with Crippen LogP contribution in [0.1, 0.15) is 10.5 Å². The second-order valence-electron chi connectivity index (χ2n) is 2.49. The third-order valence-corrected chi connectivity index (χ3v) is 2.28. The summed E-state index contributed by atoms with van der Waals surface area (Å²) in [6.07, 6.45) is 4.36. The van der Waals surface area contributed by atoms with Crippen molar-refractivity contribution >= 4 is 29.2 Å². The van der Waals surface area contributed by atoms with Gasteiger partial charge in [-0.1, -0.05) is 0 Å². The zero-order valence-corrected chi connectivity index (χ0v) is 7.76. The zero-order valence-electron chi connectivity index (χ0n) is 6.94. The lowest BCUT2D eigenvalue weighted by Crippen LogP contribution is -1.82. The number of nitrogens with zero attached hydrogens (tertiary/aromatic N) is 2. The number of hydrogen-bond donors (Lipinski definition) is 1. The molecular formula is C8H7N3OS. The maximum Gasteiger partial charge on any atom is 0.166 e. The van der Waals surface area contributed by atoms with Gasteiger partial charge in [-0.15, -0.1) is 11.8 Å². The van der Waals surface area contributed by atoms with E-state index in [9.17, 15) is 4.79 Å². The van der Waals surface area contributed by atoms with Gasteiger partial charge < -0.3 is 4.98 Å². The van der Waals surface area contributed by atoms with Crippen molar-refractivity contribution in [3.8, 4) is 0 Å². The van der Waals surface area contributed by atoms with Crippen LogP contribution in [-0.4, -0.2) is 27.5 Å². The first kappa shape index (κ1) is 8.25. The normalized spacial score (nSPS) is 10.5. The molecule has 0 fully saturated rings. The average Bonchev–Trinajstić information content (AvgIpc) is 2.58. The molecule has 0 bridgehead atoms. The van der Waals surface area contributed by atoms with Crippen molar-refractivity contribution < 1.29 is 4.79 Å². The van der Waals surface area contributed by atoms with Gasteiger partial charge in [0.05, 0.1) is 11.9 Å². The number of nitrogens with one attached hydrogen (secondary N) is 1. The van der Waals surface area contributed by atoms with E-state index in [4.69, 9.17) is 0 Å². The number of rotatable bonds is 2. The molecule has 0 aliphatic heterocycles. The Morgan fingerprint density at radius 2 is 2.46 bits per heavy atom. The summed E-state index contributed by atoms with van der Waals surface area (Å²) in [4.78, 5) is 21.7. The predicted octanol–water partition coefficient (Wildman–Crippen LogP) is 1.49. The molecule has 0 atom stereocenters. The number of aldehydes is 1. The van der Waals surface area contributed by atoms with Crippen molar-refractivity contribution in [1.29, 1.82) is 0 Å². The summed E-state index contributed by atoms with van der Waals surface area (Å²) in [6.45, 7) is 0. The van der Waals surface area contributed by atoms with Crippen LogP contribution in [-0.2, 0) is 0 Å². The summed E-state index contributed by atoms with van der Waals surface area (Å²) < 4.78 is 0. The van der Waals surface area contributed by atoms with Crippen molar-refractivity contribution in [2.45, 2.75) is 5.03 Å². The summed E-state index contributed by atoms with van der Waals surface area (Å²) in [5.41, 5.74) is 1.89. The van der Waals surface area contributed by atoms with Crippen molar-refractivity contribution in [3.63, 3.8) is 0 Å². The number of aromatic nitrogens is 3. The van der Waals surface area contributed by atoms with Gasteiger partial charge in [-0.2, -0.15) is 0 Å². The Morgan fingerprint density at radius 1 is 1.62 bits per heavy atom. The molecule has 1 N–H and O–H groups in total. The van der Waals surface area contributed by atoms with Crippen LogP contribution in [0.2, 0.25) is 0 Å². The van der Waals surface area contributed by atoms with E-state index in [1.165, 1.54) is 11.8 Å². The zero-order chi connectivity index (χ0) is 9.26. The SMILES string of the molecule is CSc1cnc2[nH]c(C=O)cc2n1. The molecule has 0 saturated heterocycles. The molecule has 0 unspecified atom stereocenters. The van der Waals surface area contributed by atoms with E-state index in [0.717, 1.165) is 16.8 Å². The van der Waals surface area contributed by atoms with E-state index < -0.39 is 0 Å². The minimum Gasteiger partial charge on any atom is -0.336 e. The minimum absolute atomic E-state index is 0.508. The van der Waals surface area contributed by atoms with Gasteiger partial charge in [-0.25, -0.2) is 9.97 Å². The van der Waals surface area contributed by atoms with Gasteiger partial charge in [0.2, 0.25) is 0 Å². The fourth-order valence-electron chi connectivity index (χ4n) is 1.07. The number of H-pyrrole nitrogens is 1. The summed E-state index contributed by atoms with van der Waals surface area (Å²) in [6, 6.07) is 1.69. The Balaban J connectivity index is 2.63. The first-order valence-electron chi connectivity index (χ1n) is 3.68. The Bertz CT molecular complexity index is 452. The van der Waals surface area contributed by atoms with Gasteiger partial charge in [0.15, 0.2) is 11.9 Å². The van der Waals surface area contributed by atoms with Crippen LogP contribution in [0.3, 0.4) is 0 Å². The average molecular weight is 193 g/mol. The highest BCUT2D eigenvalue weighted by molar-refractivity contribution is 7.98. The maximum atomic E-state index is 10.4. The standard InChI is InChI=1S/C8H7N3OS/c1-13-7-3-9-8-6(11-7)2-5(4-12)10-8/h2-4H,1H3,(H,9,10). The summed E-state index contributed by atoms with van der Waals surface area (Å²) >= 11 is 1.52. The molecule has 66 valence electrons. The predicted molar refractivity (Wildman–Crippen MR) is 51.1 cm³/mol. The van der Waals surface area contributed by atoms with Crippen LogP contribution in [0.5, 0.6) is 0 Å². The fraction of sp³-hybridized carbons (Fsp3) is 0.125. The molecule has 0 amide bonds. The van der Waals surface area contributed by atoms with Gasteiger partial charge in [-0.3, -0.25) is 4.79 Å². The molecule has 2 aromatic rings. The summed E-state index contributed by atoms with van der Waals surface area (Å²) in [7, 11) is 0. The molecule has 0 saturated carbocycles. The lowest BCUT2D eigenvalue weighted by molar-refractivity contribution is 0.112. The number of fused-ring (bicyclic) bond motifs is 1. The molecular weight excluding hydrogens is 186 g/mol. The van der Waals surface area contributed by atoms with E-state index in [0.29, 0.717) is 11.3 Å². The molecule has 2 rings (SSSR count). The van der Waals surface area contributed by atoms with Crippen LogP contribution >= 0.6 is 11.8 Å². The van der Waals surface area contributed by atoms with E-state index >= 15 is 0 Å². The second-order valence-corrected chi connectivity index (χ2v) is 3.32. The van der Waals surface area contributed by atoms with E-state index in [1.54, 1.807) is 12.3 Å². The van der Waals surface area contributed by atoms with Gasteiger partial charge in [0.1, 0.15) is 10.5 Å². The maximum absolute atomic E-state index is 10.4. The van der Waals surface area contributed by atoms with Crippen molar-refractivity contribution in [3.05, 3.63) is 18.0 Å². The van der Waals surface area contributed by atoms with Gasteiger partial charge in [0, 0.05) is 0 Å². The highest BCUT2D eigenvalue weighted by Crippen LogP contribution is 2.15. The monoisotopic (exact) mass is 193 g/mol. The van der Waals surface area contributed by atoms with Crippen molar-refractivity contribution in [2.75, 3.05) is 6.26 Å². The Kier molecular flexibility index (Phi) is 2.02. The molecule has 13 heavy (non-hydrogen) atoms. The van der Waals surface area contributed by atoms with Crippen molar-refractivity contribution in [2.24, 2.45) is 0 Å². The molecule has 0 aliphatic rings. The lowest BCUT2D eigenvalue weighted by Gasteiger charge is -1.92. The number of hydrogen-bond acceptors (Lipinski definition) is 4.